The number of amides is 3. The molecule has 2 aromatic rings. The van der Waals surface area contributed by atoms with Crippen molar-refractivity contribution >= 4 is 39.3 Å². The summed E-state index contributed by atoms with van der Waals surface area (Å²) in [5.74, 6) is -0.944. The van der Waals surface area contributed by atoms with E-state index in [0.717, 1.165) is 10.0 Å². The summed E-state index contributed by atoms with van der Waals surface area (Å²) in [4.78, 5) is 46.8. The van der Waals surface area contributed by atoms with Crippen molar-refractivity contribution in [2.45, 2.75) is 46.7 Å². The number of carbonyl (C=O) groups excluding carboxylic acids is 3. The summed E-state index contributed by atoms with van der Waals surface area (Å²) in [5, 5.41) is 0. The van der Waals surface area contributed by atoms with Gasteiger partial charge in [-0.1, -0.05) is 49.7 Å². The van der Waals surface area contributed by atoms with Crippen LogP contribution in [0.3, 0.4) is 0 Å². The van der Waals surface area contributed by atoms with Crippen molar-refractivity contribution in [3.63, 3.8) is 0 Å². The summed E-state index contributed by atoms with van der Waals surface area (Å²) in [6.07, 6.45) is 3.34. The van der Waals surface area contributed by atoms with Crippen molar-refractivity contribution in [1.29, 1.82) is 0 Å². The van der Waals surface area contributed by atoms with Crippen LogP contribution in [0.15, 0.2) is 53.3 Å². The summed E-state index contributed by atoms with van der Waals surface area (Å²) >= 11 is 3.37. The number of rotatable bonds is 5. The minimum absolute atomic E-state index is 0.0194. The van der Waals surface area contributed by atoms with E-state index >= 15 is 0 Å². The van der Waals surface area contributed by atoms with Crippen molar-refractivity contribution in [3.8, 4) is 0 Å². The van der Waals surface area contributed by atoms with E-state index in [4.69, 9.17) is 0 Å². The molecule has 2 aliphatic rings. The Morgan fingerprint density at radius 2 is 1.77 bits per heavy atom. The predicted octanol–water partition coefficient (Wildman–Crippen LogP) is 4.19. The van der Waals surface area contributed by atoms with E-state index in [-0.39, 0.29) is 47.4 Å². The highest BCUT2D eigenvalue weighted by atomic mass is 79.9. The monoisotopic (exact) mass is 483 g/mol. The number of benzene rings is 1. The van der Waals surface area contributed by atoms with Gasteiger partial charge < -0.3 is 4.90 Å². The van der Waals surface area contributed by atoms with Gasteiger partial charge in [0.2, 0.25) is 11.8 Å². The van der Waals surface area contributed by atoms with Crippen molar-refractivity contribution in [3.05, 3.63) is 58.8 Å². The molecule has 1 saturated carbocycles. The van der Waals surface area contributed by atoms with Crippen LogP contribution in [0.2, 0.25) is 0 Å². The molecule has 1 aliphatic heterocycles. The zero-order valence-corrected chi connectivity index (χ0v) is 19.7. The van der Waals surface area contributed by atoms with E-state index in [0.29, 0.717) is 5.69 Å². The second-order valence-electron chi connectivity index (χ2n) is 9.47. The molecule has 1 atom stereocenters. The van der Waals surface area contributed by atoms with Gasteiger partial charge in [0.1, 0.15) is 6.04 Å². The maximum Gasteiger partial charge on any atom is 0.257 e. The van der Waals surface area contributed by atoms with E-state index in [1.54, 1.807) is 47.6 Å². The number of carbonyl (C=O) groups is 3. The molecule has 6 nitrogen and oxygen atoms in total. The predicted molar refractivity (Wildman–Crippen MR) is 121 cm³/mol. The van der Waals surface area contributed by atoms with E-state index < -0.39 is 6.04 Å². The fourth-order valence-corrected chi connectivity index (χ4v) is 4.99. The molecule has 1 unspecified atom stereocenters. The standard InChI is InChI=1S/C24H26BrN3O3/c1-23(2)20(24(23,3)4)22(31)27(14-15-6-5-11-26-13-15)18-12-19(29)28(21(18)30)17-9-7-16(25)8-10-17/h5-11,13,18,20H,12,14H2,1-4H3. The molecule has 0 bridgehead atoms. The van der Waals surface area contributed by atoms with Crippen molar-refractivity contribution < 1.29 is 14.4 Å². The number of imide groups is 1. The molecule has 162 valence electrons. The second-order valence-corrected chi connectivity index (χ2v) is 10.4. The molecule has 1 aromatic carbocycles. The molecule has 4 rings (SSSR count). The van der Waals surface area contributed by atoms with E-state index in [2.05, 4.69) is 48.6 Å². The first-order valence-corrected chi connectivity index (χ1v) is 11.2. The van der Waals surface area contributed by atoms with Crippen LogP contribution in [0.5, 0.6) is 0 Å². The molecule has 0 spiro atoms. The Labute approximate surface area is 190 Å². The van der Waals surface area contributed by atoms with Crippen LogP contribution in [0.25, 0.3) is 0 Å². The van der Waals surface area contributed by atoms with Gasteiger partial charge in [-0.15, -0.1) is 0 Å². The second kappa shape index (κ2) is 7.55. The molecule has 1 saturated heterocycles. The first-order chi connectivity index (χ1) is 14.6. The van der Waals surface area contributed by atoms with Crippen LogP contribution in [0, 0.1) is 16.7 Å². The lowest BCUT2D eigenvalue weighted by Crippen LogP contribution is -2.46. The normalized spacial score (nSPS) is 22.0. The number of nitrogens with zero attached hydrogens (tertiary/aromatic N) is 3. The number of hydrogen-bond donors (Lipinski definition) is 0. The summed E-state index contributed by atoms with van der Waals surface area (Å²) in [6, 6.07) is 9.89. The Kier molecular flexibility index (Phi) is 5.28. The quantitative estimate of drug-likeness (QED) is 0.597. The summed E-state index contributed by atoms with van der Waals surface area (Å²) in [6.45, 7) is 8.55. The van der Waals surface area contributed by atoms with Crippen molar-refractivity contribution in [2.75, 3.05) is 4.90 Å². The lowest BCUT2D eigenvalue weighted by Gasteiger charge is -2.28. The molecular weight excluding hydrogens is 458 g/mol. The minimum atomic E-state index is -0.823. The van der Waals surface area contributed by atoms with E-state index in [9.17, 15) is 14.4 Å². The van der Waals surface area contributed by atoms with Crippen LogP contribution in [0.1, 0.15) is 39.7 Å². The SMILES string of the molecule is CC1(C)C(C(=O)N(Cc2cccnc2)C2CC(=O)N(c3ccc(Br)cc3)C2=O)C1(C)C. The number of anilines is 1. The van der Waals surface area contributed by atoms with Gasteiger partial charge in [0.25, 0.3) is 5.91 Å². The van der Waals surface area contributed by atoms with Gasteiger partial charge >= 0.3 is 0 Å². The van der Waals surface area contributed by atoms with Gasteiger partial charge in [0.05, 0.1) is 12.1 Å². The van der Waals surface area contributed by atoms with Gasteiger partial charge in [0.15, 0.2) is 0 Å². The number of pyridine rings is 1. The summed E-state index contributed by atoms with van der Waals surface area (Å²) in [7, 11) is 0. The Hall–Kier alpha value is -2.54. The Morgan fingerprint density at radius 3 is 2.32 bits per heavy atom. The van der Waals surface area contributed by atoms with Crippen LogP contribution >= 0.6 is 15.9 Å². The van der Waals surface area contributed by atoms with E-state index in [1.165, 1.54) is 4.90 Å². The average molecular weight is 484 g/mol. The first-order valence-electron chi connectivity index (χ1n) is 10.4. The summed E-state index contributed by atoms with van der Waals surface area (Å²) in [5.41, 5.74) is 0.999. The van der Waals surface area contributed by atoms with Gasteiger partial charge in [-0.2, -0.15) is 0 Å². The van der Waals surface area contributed by atoms with Gasteiger partial charge in [-0.3, -0.25) is 19.4 Å². The van der Waals surface area contributed by atoms with E-state index in [1.807, 2.05) is 6.07 Å². The molecule has 2 fully saturated rings. The maximum absolute atomic E-state index is 13.7. The fraction of sp³-hybridized carbons (Fsp3) is 0.417. The Morgan fingerprint density at radius 1 is 1.13 bits per heavy atom. The zero-order valence-electron chi connectivity index (χ0n) is 18.1. The highest BCUT2D eigenvalue weighted by Crippen LogP contribution is 2.69. The molecule has 31 heavy (non-hydrogen) atoms. The highest BCUT2D eigenvalue weighted by molar-refractivity contribution is 9.10. The van der Waals surface area contributed by atoms with Crippen LogP contribution in [0.4, 0.5) is 5.69 Å². The molecule has 2 heterocycles. The summed E-state index contributed by atoms with van der Waals surface area (Å²) < 4.78 is 0.860. The Balaban J connectivity index is 1.67. The van der Waals surface area contributed by atoms with Gasteiger partial charge in [0, 0.05) is 29.3 Å². The third-order valence-corrected chi connectivity index (χ3v) is 7.74. The molecule has 7 heteroatoms. The number of halogens is 1. The number of aromatic nitrogens is 1. The first kappa shape index (κ1) is 21.7. The molecule has 0 N–H and O–H groups in total. The molecule has 1 aromatic heterocycles. The topological polar surface area (TPSA) is 70.6 Å². The zero-order chi connectivity index (χ0) is 22.6. The molecular formula is C24H26BrN3O3. The Bertz CT molecular complexity index is 1020. The third-order valence-electron chi connectivity index (χ3n) is 7.21. The van der Waals surface area contributed by atoms with Crippen LogP contribution in [-0.2, 0) is 20.9 Å². The molecule has 3 amide bonds. The largest absolute Gasteiger partial charge is 0.325 e. The highest BCUT2D eigenvalue weighted by Gasteiger charge is 2.69. The number of hydrogen-bond acceptors (Lipinski definition) is 4. The molecule has 0 radical (unpaired) electrons. The third kappa shape index (κ3) is 3.59. The van der Waals surface area contributed by atoms with Crippen molar-refractivity contribution in [2.24, 2.45) is 16.7 Å². The van der Waals surface area contributed by atoms with Crippen LogP contribution in [-0.4, -0.2) is 33.6 Å². The lowest BCUT2D eigenvalue weighted by atomic mass is 10.0. The fourth-order valence-electron chi connectivity index (χ4n) is 4.73. The van der Waals surface area contributed by atoms with Crippen molar-refractivity contribution in [1.82, 2.24) is 9.88 Å². The molecule has 1 aliphatic carbocycles. The van der Waals surface area contributed by atoms with Crippen LogP contribution < -0.4 is 4.90 Å². The maximum atomic E-state index is 13.7. The average Bonchev–Trinajstić information content (AvgIpc) is 2.96. The lowest BCUT2D eigenvalue weighted by molar-refractivity contribution is -0.141. The minimum Gasteiger partial charge on any atom is -0.325 e. The van der Waals surface area contributed by atoms with Gasteiger partial charge in [-0.25, -0.2) is 4.90 Å². The smallest absolute Gasteiger partial charge is 0.257 e. The van der Waals surface area contributed by atoms with Gasteiger partial charge in [-0.05, 0) is 46.7 Å².